The molecule has 0 aromatic heterocycles. The van der Waals surface area contributed by atoms with Crippen LogP contribution in [0.1, 0.15) is 27.2 Å². The molecule has 1 saturated heterocycles. The maximum absolute atomic E-state index is 10.7. The summed E-state index contributed by atoms with van der Waals surface area (Å²) in [4.78, 5) is 10.7. The lowest BCUT2D eigenvalue weighted by Gasteiger charge is -2.20. The van der Waals surface area contributed by atoms with Crippen molar-refractivity contribution in [3.05, 3.63) is 0 Å². The Morgan fingerprint density at radius 1 is 1.45 bits per heavy atom. The summed E-state index contributed by atoms with van der Waals surface area (Å²) in [5.41, 5.74) is -0.587. The molecular formula is C8H15NO2. The van der Waals surface area contributed by atoms with E-state index in [9.17, 15) is 4.79 Å². The maximum atomic E-state index is 10.7. The van der Waals surface area contributed by atoms with Gasteiger partial charge in [-0.15, -0.1) is 0 Å². The molecule has 11 heavy (non-hydrogen) atoms. The van der Waals surface area contributed by atoms with Gasteiger partial charge in [-0.2, -0.15) is 0 Å². The van der Waals surface area contributed by atoms with E-state index < -0.39 is 11.5 Å². The van der Waals surface area contributed by atoms with E-state index in [4.69, 9.17) is 5.11 Å². The highest BCUT2D eigenvalue weighted by molar-refractivity contribution is 5.78. The second kappa shape index (κ2) is 2.21. The summed E-state index contributed by atoms with van der Waals surface area (Å²) in [7, 11) is 0. The number of hydrogen-bond donors (Lipinski definition) is 2. The van der Waals surface area contributed by atoms with Crippen molar-refractivity contribution in [1.82, 2.24) is 5.32 Å². The number of carboxylic acids is 1. The zero-order valence-corrected chi connectivity index (χ0v) is 7.27. The lowest BCUT2D eigenvalue weighted by molar-refractivity contribution is -0.143. The van der Waals surface area contributed by atoms with E-state index in [1.165, 1.54) is 0 Å². The summed E-state index contributed by atoms with van der Waals surface area (Å²) >= 11 is 0. The lowest BCUT2D eigenvalue weighted by Crippen LogP contribution is -2.44. The van der Waals surface area contributed by atoms with Gasteiger partial charge in [0.1, 0.15) is 5.54 Å². The fraction of sp³-hybridized carbons (Fsp3) is 0.875. The predicted molar refractivity (Wildman–Crippen MR) is 42.4 cm³/mol. The van der Waals surface area contributed by atoms with E-state index in [0.717, 1.165) is 6.54 Å². The molecule has 0 saturated carbocycles. The van der Waals surface area contributed by atoms with Gasteiger partial charge >= 0.3 is 5.97 Å². The molecule has 0 bridgehead atoms. The van der Waals surface area contributed by atoms with Crippen molar-refractivity contribution in [2.45, 2.75) is 32.7 Å². The highest BCUT2D eigenvalue weighted by Crippen LogP contribution is 2.33. The van der Waals surface area contributed by atoms with E-state index in [2.05, 4.69) is 19.2 Å². The first-order chi connectivity index (χ1) is 4.86. The Kier molecular flexibility index (Phi) is 1.71. The molecule has 1 rings (SSSR count). The van der Waals surface area contributed by atoms with Gasteiger partial charge in [0, 0.05) is 6.54 Å². The molecule has 1 unspecified atom stereocenters. The molecule has 1 atom stereocenters. The second-order valence-corrected chi connectivity index (χ2v) is 4.33. The molecule has 3 heteroatoms. The minimum absolute atomic E-state index is 0.118. The average Bonchev–Trinajstić information content (AvgIpc) is 2.08. The van der Waals surface area contributed by atoms with Gasteiger partial charge in [0.25, 0.3) is 0 Å². The van der Waals surface area contributed by atoms with Gasteiger partial charge in [-0.3, -0.25) is 4.79 Å². The van der Waals surface area contributed by atoms with Crippen molar-refractivity contribution >= 4 is 5.97 Å². The fourth-order valence-electron chi connectivity index (χ4n) is 1.67. The molecule has 2 N–H and O–H groups in total. The van der Waals surface area contributed by atoms with E-state index in [0.29, 0.717) is 6.42 Å². The summed E-state index contributed by atoms with van der Waals surface area (Å²) in [5, 5.41) is 11.9. The minimum atomic E-state index is -0.747. The third-order valence-electron chi connectivity index (χ3n) is 2.26. The molecule has 0 radical (unpaired) electrons. The summed E-state index contributed by atoms with van der Waals surface area (Å²) in [5.74, 6) is -0.747. The number of rotatable bonds is 1. The number of hydrogen-bond acceptors (Lipinski definition) is 2. The normalized spacial score (nSPS) is 35.5. The van der Waals surface area contributed by atoms with Crippen molar-refractivity contribution in [2.24, 2.45) is 5.41 Å². The zero-order valence-electron chi connectivity index (χ0n) is 7.27. The third-order valence-corrected chi connectivity index (χ3v) is 2.26. The van der Waals surface area contributed by atoms with Crippen molar-refractivity contribution in [3.63, 3.8) is 0 Å². The standard InChI is InChI=1S/C8H15NO2/c1-7(2)4-8(3,6(10)11)9-5-7/h9H,4-5H2,1-3H3,(H,10,11). The van der Waals surface area contributed by atoms with Crippen LogP contribution in [0.5, 0.6) is 0 Å². The molecule has 0 aromatic carbocycles. The van der Waals surface area contributed by atoms with Gasteiger partial charge in [0.2, 0.25) is 0 Å². The van der Waals surface area contributed by atoms with Gasteiger partial charge in [-0.25, -0.2) is 0 Å². The Labute approximate surface area is 66.8 Å². The molecular weight excluding hydrogens is 142 g/mol. The Balaban J connectivity index is 2.73. The van der Waals surface area contributed by atoms with Gasteiger partial charge < -0.3 is 10.4 Å². The third kappa shape index (κ3) is 1.53. The fourth-order valence-corrected chi connectivity index (χ4v) is 1.67. The second-order valence-electron chi connectivity index (χ2n) is 4.33. The van der Waals surface area contributed by atoms with Crippen LogP contribution in [0.4, 0.5) is 0 Å². The van der Waals surface area contributed by atoms with E-state index >= 15 is 0 Å². The van der Waals surface area contributed by atoms with Crippen LogP contribution < -0.4 is 5.32 Å². The summed E-state index contributed by atoms with van der Waals surface area (Å²) in [6.07, 6.45) is 0.704. The first-order valence-corrected chi connectivity index (χ1v) is 3.84. The Bertz CT molecular complexity index is 189. The maximum Gasteiger partial charge on any atom is 0.323 e. The highest BCUT2D eigenvalue weighted by atomic mass is 16.4. The SMILES string of the molecule is CC1(C)CNC(C)(C(=O)O)C1. The minimum Gasteiger partial charge on any atom is -0.480 e. The molecule has 0 aliphatic carbocycles. The summed E-state index contributed by atoms with van der Waals surface area (Å²) in [6, 6.07) is 0. The highest BCUT2D eigenvalue weighted by Gasteiger charge is 2.44. The van der Waals surface area contributed by atoms with Crippen LogP contribution in [0.2, 0.25) is 0 Å². The topological polar surface area (TPSA) is 49.3 Å². The smallest absolute Gasteiger partial charge is 0.323 e. The molecule has 1 aliphatic rings. The molecule has 1 heterocycles. The summed E-state index contributed by atoms with van der Waals surface area (Å²) < 4.78 is 0. The van der Waals surface area contributed by atoms with Crippen molar-refractivity contribution in [2.75, 3.05) is 6.54 Å². The van der Waals surface area contributed by atoms with Gasteiger partial charge in [0.15, 0.2) is 0 Å². The molecule has 0 amide bonds. The van der Waals surface area contributed by atoms with Gasteiger partial charge in [-0.05, 0) is 18.8 Å². The number of carboxylic acid groups (broad SMARTS) is 1. The number of aliphatic carboxylic acids is 1. The van der Waals surface area contributed by atoms with Crippen molar-refractivity contribution in [1.29, 1.82) is 0 Å². The van der Waals surface area contributed by atoms with Crippen LogP contribution in [0.15, 0.2) is 0 Å². The quantitative estimate of drug-likeness (QED) is 0.593. The average molecular weight is 157 g/mol. The first-order valence-electron chi connectivity index (χ1n) is 3.84. The van der Waals surface area contributed by atoms with Crippen LogP contribution in [0.3, 0.4) is 0 Å². The van der Waals surface area contributed by atoms with Crippen molar-refractivity contribution < 1.29 is 9.90 Å². The molecule has 1 aliphatic heterocycles. The van der Waals surface area contributed by atoms with E-state index in [-0.39, 0.29) is 5.41 Å². The molecule has 64 valence electrons. The Hall–Kier alpha value is -0.570. The lowest BCUT2D eigenvalue weighted by atomic mass is 9.85. The van der Waals surface area contributed by atoms with Crippen LogP contribution in [0, 0.1) is 5.41 Å². The largest absolute Gasteiger partial charge is 0.480 e. The monoisotopic (exact) mass is 157 g/mol. The van der Waals surface area contributed by atoms with Crippen LogP contribution in [0.25, 0.3) is 0 Å². The Morgan fingerprint density at radius 2 is 2.00 bits per heavy atom. The predicted octanol–water partition coefficient (Wildman–Crippen LogP) is 0.849. The summed E-state index contributed by atoms with van der Waals surface area (Å²) in [6.45, 7) is 6.68. The molecule has 1 fully saturated rings. The van der Waals surface area contributed by atoms with Crippen molar-refractivity contribution in [3.8, 4) is 0 Å². The number of nitrogens with one attached hydrogen (secondary N) is 1. The van der Waals surface area contributed by atoms with Crippen LogP contribution in [-0.4, -0.2) is 23.2 Å². The van der Waals surface area contributed by atoms with E-state index in [1.807, 2.05) is 0 Å². The Morgan fingerprint density at radius 3 is 2.18 bits per heavy atom. The molecule has 0 aromatic rings. The first kappa shape index (κ1) is 8.53. The number of carbonyl (C=O) groups is 1. The molecule has 0 spiro atoms. The van der Waals surface area contributed by atoms with Crippen LogP contribution >= 0.6 is 0 Å². The zero-order chi connectivity index (χ0) is 8.70. The van der Waals surface area contributed by atoms with E-state index in [1.54, 1.807) is 6.92 Å². The van der Waals surface area contributed by atoms with Gasteiger partial charge in [-0.1, -0.05) is 13.8 Å². The van der Waals surface area contributed by atoms with Crippen LogP contribution in [-0.2, 0) is 4.79 Å². The molecule has 3 nitrogen and oxygen atoms in total. The van der Waals surface area contributed by atoms with Gasteiger partial charge in [0.05, 0.1) is 0 Å².